The number of rotatable bonds is 2. The first-order chi connectivity index (χ1) is 12.8. The maximum atomic E-state index is 6.02. The number of hydrogen-bond donors (Lipinski definition) is 1. The monoisotopic (exact) mass is 337 g/mol. The topological polar surface area (TPSA) is 64.9 Å². The SMILES string of the molecule is Nc1ccc2c(-c3ccncc3)nc(-c3cc4ccccc4o3)cc2c1. The van der Waals surface area contributed by atoms with Gasteiger partial charge in [-0.1, -0.05) is 24.3 Å². The van der Waals surface area contributed by atoms with Gasteiger partial charge in [0, 0.05) is 34.4 Å². The number of pyridine rings is 2. The molecule has 124 valence electrons. The Balaban J connectivity index is 1.80. The third-order valence-electron chi connectivity index (χ3n) is 4.49. The molecule has 26 heavy (non-hydrogen) atoms. The minimum Gasteiger partial charge on any atom is -0.454 e. The van der Waals surface area contributed by atoms with Crippen LogP contribution in [0.4, 0.5) is 5.69 Å². The number of fused-ring (bicyclic) bond motifs is 2. The molecule has 2 N–H and O–H groups in total. The van der Waals surface area contributed by atoms with Gasteiger partial charge in [-0.15, -0.1) is 0 Å². The zero-order valence-electron chi connectivity index (χ0n) is 13.9. The van der Waals surface area contributed by atoms with Gasteiger partial charge < -0.3 is 10.2 Å². The van der Waals surface area contributed by atoms with Crippen LogP contribution in [-0.2, 0) is 0 Å². The fraction of sp³-hybridized carbons (Fsp3) is 0. The zero-order chi connectivity index (χ0) is 17.5. The van der Waals surface area contributed by atoms with E-state index in [-0.39, 0.29) is 0 Å². The second-order valence-corrected chi connectivity index (χ2v) is 6.22. The summed E-state index contributed by atoms with van der Waals surface area (Å²) in [7, 11) is 0. The summed E-state index contributed by atoms with van der Waals surface area (Å²) in [4.78, 5) is 9.01. The summed E-state index contributed by atoms with van der Waals surface area (Å²) < 4.78 is 6.02. The van der Waals surface area contributed by atoms with Crippen molar-refractivity contribution in [3.05, 3.63) is 79.1 Å². The molecular formula is C22H15N3O. The molecule has 0 aliphatic heterocycles. The Labute approximate surface area is 149 Å². The van der Waals surface area contributed by atoms with Crippen LogP contribution in [0.5, 0.6) is 0 Å². The highest BCUT2D eigenvalue weighted by Gasteiger charge is 2.13. The fourth-order valence-corrected chi connectivity index (χ4v) is 3.24. The first-order valence-electron chi connectivity index (χ1n) is 8.37. The molecule has 0 fully saturated rings. The van der Waals surface area contributed by atoms with Gasteiger partial charge in [0.25, 0.3) is 0 Å². The number of hydrogen-bond acceptors (Lipinski definition) is 4. The van der Waals surface area contributed by atoms with E-state index in [4.69, 9.17) is 15.1 Å². The van der Waals surface area contributed by atoms with Crippen molar-refractivity contribution >= 4 is 27.4 Å². The lowest BCUT2D eigenvalue weighted by Crippen LogP contribution is -1.92. The molecule has 5 rings (SSSR count). The lowest BCUT2D eigenvalue weighted by Gasteiger charge is -2.09. The number of nitrogen functional groups attached to an aromatic ring is 1. The first-order valence-corrected chi connectivity index (χ1v) is 8.37. The summed E-state index contributed by atoms with van der Waals surface area (Å²) in [5.41, 5.74) is 10.3. The minimum atomic E-state index is 0.722. The molecule has 0 spiro atoms. The van der Waals surface area contributed by atoms with E-state index >= 15 is 0 Å². The van der Waals surface area contributed by atoms with Crippen LogP contribution in [0.3, 0.4) is 0 Å². The lowest BCUT2D eigenvalue weighted by molar-refractivity contribution is 0.629. The smallest absolute Gasteiger partial charge is 0.153 e. The van der Waals surface area contributed by atoms with Gasteiger partial charge in [0.15, 0.2) is 5.76 Å². The molecule has 4 nitrogen and oxygen atoms in total. The number of furan rings is 1. The molecule has 0 saturated carbocycles. The summed E-state index contributed by atoms with van der Waals surface area (Å²) in [5, 5.41) is 3.13. The van der Waals surface area contributed by atoms with Crippen LogP contribution in [0.2, 0.25) is 0 Å². The van der Waals surface area contributed by atoms with E-state index in [0.29, 0.717) is 0 Å². The van der Waals surface area contributed by atoms with E-state index in [1.165, 1.54) is 0 Å². The lowest BCUT2D eigenvalue weighted by atomic mass is 10.0. The second kappa shape index (κ2) is 5.70. The van der Waals surface area contributed by atoms with Crippen LogP contribution in [0, 0.1) is 0 Å². The van der Waals surface area contributed by atoms with Gasteiger partial charge in [0.2, 0.25) is 0 Å². The third-order valence-corrected chi connectivity index (χ3v) is 4.49. The van der Waals surface area contributed by atoms with Crippen molar-refractivity contribution in [2.24, 2.45) is 0 Å². The summed E-state index contributed by atoms with van der Waals surface area (Å²) in [6.07, 6.45) is 3.54. The van der Waals surface area contributed by atoms with Crippen LogP contribution in [0.1, 0.15) is 0 Å². The summed E-state index contributed by atoms with van der Waals surface area (Å²) in [5.74, 6) is 0.742. The standard InChI is InChI=1S/C22H15N3O/c23-17-5-6-18-16(11-17)12-19(25-22(18)14-7-9-24-10-8-14)21-13-15-3-1-2-4-20(15)26-21/h1-13H,23H2. The van der Waals surface area contributed by atoms with Crippen LogP contribution in [-0.4, -0.2) is 9.97 Å². The van der Waals surface area contributed by atoms with E-state index in [9.17, 15) is 0 Å². The number of benzene rings is 2. The summed E-state index contributed by atoms with van der Waals surface area (Å²) in [6, 6.07) is 21.8. The second-order valence-electron chi connectivity index (χ2n) is 6.22. The molecule has 0 aliphatic carbocycles. The zero-order valence-corrected chi connectivity index (χ0v) is 13.9. The third kappa shape index (κ3) is 2.40. The van der Waals surface area contributed by atoms with Crippen LogP contribution in [0.15, 0.2) is 83.5 Å². The normalized spacial score (nSPS) is 11.2. The van der Waals surface area contributed by atoms with Gasteiger partial charge in [-0.3, -0.25) is 4.98 Å². The number of anilines is 1. The van der Waals surface area contributed by atoms with Crippen molar-refractivity contribution in [1.82, 2.24) is 9.97 Å². The number of nitrogens with zero attached hydrogens (tertiary/aromatic N) is 2. The molecule has 0 saturated heterocycles. The van der Waals surface area contributed by atoms with Gasteiger partial charge >= 0.3 is 0 Å². The van der Waals surface area contributed by atoms with Crippen LogP contribution >= 0.6 is 0 Å². The largest absolute Gasteiger partial charge is 0.454 e. The highest BCUT2D eigenvalue weighted by atomic mass is 16.3. The summed E-state index contributed by atoms with van der Waals surface area (Å²) >= 11 is 0. The van der Waals surface area contributed by atoms with Crippen LogP contribution < -0.4 is 5.73 Å². The van der Waals surface area contributed by atoms with Crippen molar-refractivity contribution in [1.29, 1.82) is 0 Å². The van der Waals surface area contributed by atoms with E-state index in [1.54, 1.807) is 12.4 Å². The van der Waals surface area contributed by atoms with Gasteiger partial charge in [-0.25, -0.2) is 4.98 Å². The average molecular weight is 337 g/mol. The van der Waals surface area contributed by atoms with Gasteiger partial charge in [-0.2, -0.15) is 0 Å². The summed E-state index contributed by atoms with van der Waals surface area (Å²) in [6.45, 7) is 0. The van der Waals surface area contributed by atoms with Gasteiger partial charge in [-0.05, 0) is 47.9 Å². The quantitative estimate of drug-likeness (QED) is 0.444. The van der Waals surface area contributed by atoms with Crippen molar-refractivity contribution in [3.8, 4) is 22.7 Å². The molecular weight excluding hydrogens is 322 g/mol. The predicted molar refractivity (Wildman–Crippen MR) is 105 cm³/mol. The number of aromatic nitrogens is 2. The number of nitrogens with two attached hydrogens (primary N) is 1. The van der Waals surface area contributed by atoms with E-state index in [2.05, 4.69) is 4.98 Å². The van der Waals surface area contributed by atoms with Gasteiger partial charge in [0.05, 0.1) is 5.69 Å². The minimum absolute atomic E-state index is 0.722. The highest BCUT2D eigenvalue weighted by molar-refractivity contribution is 5.98. The molecule has 0 bridgehead atoms. The molecule has 3 heterocycles. The molecule has 2 aromatic carbocycles. The molecule has 3 aromatic heterocycles. The average Bonchev–Trinajstić information content (AvgIpc) is 3.12. The molecule has 0 unspecified atom stereocenters. The molecule has 5 aromatic rings. The Hall–Kier alpha value is -3.66. The van der Waals surface area contributed by atoms with Crippen LogP contribution in [0.25, 0.3) is 44.5 Å². The number of para-hydroxylation sites is 1. The van der Waals surface area contributed by atoms with E-state index in [1.807, 2.05) is 66.7 Å². The van der Waals surface area contributed by atoms with Crippen molar-refractivity contribution < 1.29 is 4.42 Å². The maximum absolute atomic E-state index is 6.02. The van der Waals surface area contributed by atoms with Crippen molar-refractivity contribution in [3.63, 3.8) is 0 Å². The molecule has 4 heteroatoms. The molecule has 0 atom stereocenters. The molecule has 0 amide bonds. The Kier molecular flexibility index (Phi) is 3.22. The molecule has 0 radical (unpaired) electrons. The molecule has 0 aliphatic rings. The predicted octanol–water partition coefficient (Wildman–Crippen LogP) is 5.29. The Morgan fingerprint density at radius 2 is 1.65 bits per heavy atom. The fourth-order valence-electron chi connectivity index (χ4n) is 3.24. The Morgan fingerprint density at radius 3 is 2.50 bits per heavy atom. The van der Waals surface area contributed by atoms with Crippen molar-refractivity contribution in [2.75, 3.05) is 5.73 Å². The Bertz CT molecular complexity index is 1210. The van der Waals surface area contributed by atoms with Gasteiger partial charge in [0.1, 0.15) is 11.3 Å². The van der Waals surface area contributed by atoms with E-state index in [0.717, 1.165) is 50.1 Å². The van der Waals surface area contributed by atoms with E-state index < -0.39 is 0 Å². The van der Waals surface area contributed by atoms with Crippen molar-refractivity contribution in [2.45, 2.75) is 0 Å². The maximum Gasteiger partial charge on any atom is 0.153 e. The Morgan fingerprint density at radius 1 is 0.808 bits per heavy atom. The first kappa shape index (κ1) is 14.7. The highest BCUT2D eigenvalue weighted by Crippen LogP contribution is 2.34.